The second-order valence-corrected chi connectivity index (χ2v) is 5.65. The zero-order valence-corrected chi connectivity index (χ0v) is 10.9. The molecule has 2 nitrogen and oxygen atoms in total. The Morgan fingerprint density at radius 1 is 1.38 bits per heavy atom. The van der Waals surface area contributed by atoms with E-state index in [-0.39, 0.29) is 0 Å². The fourth-order valence-electron chi connectivity index (χ4n) is 2.03. The number of thiophene rings is 1. The number of nitrogens with zero attached hydrogens (tertiary/aromatic N) is 1. The smallest absolute Gasteiger partial charge is 0.0968 e. The summed E-state index contributed by atoms with van der Waals surface area (Å²) < 4.78 is 0. The Morgan fingerprint density at radius 3 is 2.81 bits per heavy atom. The van der Waals surface area contributed by atoms with Crippen LogP contribution in [0.2, 0.25) is 0 Å². The number of rotatable bonds is 3. The lowest BCUT2D eigenvalue weighted by Crippen LogP contribution is -2.32. The van der Waals surface area contributed by atoms with Gasteiger partial charge in [-0.1, -0.05) is 19.9 Å². The van der Waals surface area contributed by atoms with Crippen LogP contribution in [0, 0.1) is 5.92 Å². The van der Waals surface area contributed by atoms with Crippen molar-refractivity contribution in [2.75, 3.05) is 6.54 Å². The van der Waals surface area contributed by atoms with Crippen LogP contribution in [0.15, 0.2) is 22.5 Å². The summed E-state index contributed by atoms with van der Waals surface area (Å²) in [5, 5.41) is 5.77. The molecular formula is C13H20N2S. The van der Waals surface area contributed by atoms with Crippen LogP contribution in [-0.2, 0) is 0 Å². The van der Waals surface area contributed by atoms with Gasteiger partial charge in [-0.3, -0.25) is 4.99 Å². The van der Waals surface area contributed by atoms with Gasteiger partial charge in [-0.2, -0.15) is 0 Å². The van der Waals surface area contributed by atoms with Gasteiger partial charge in [-0.15, -0.1) is 11.3 Å². The van der Waals surface area contributed by atoms with Crippen LogP contribution in [0.3, 0.4) is 0 Å². The zero-order chi connectivity index (χ0) is 11.4. The highest BCUT2D eigenvalue weighted by Gasteiger charge is 2.18. The molecule has 0 aliphatic carbocycles. The molecule has 3 heteroatoms. The maximum atomic E-state index is 4.57. The van der Waals surface area contributed by atoms with Crippen molar-refractivity contribution < 1.29 is 0 Å². The summed E-state index contributed by atoms with van der Waals surface area (Å²) in [6.07, 6.45) is 3.65. The molecule has 1 aromatic rings. The Kier molecular flexibility index (Phi) is 3.99. The quantitative estimate of drug-likeness (QED) is 0.851. The standard InChI is InChI=1S/C13H20N2S/c1-10(2)13(11-6-5-9-16-11)15-12-7-3-4-8-14-12/h5-6,9-10,13H,3-4,7-8H2,1-2H3,(H,14,15). The lowest BCUT2D eigenvalue weighted by molar-refractivity contribution is 0.471. The van der Waals surface area contributed by atoms with Gasteiger partial charge in [0.1, 0.15) is 0 Å². The van der Waals surface area contributed by atoms with Gasteiger partial charge in [0, 0.05) is 17.8 Å². The highest BCUT2D eigenvalue weighted by Crippen LogP contribution is 2.26. The number of aliphatic imine (C=N–C) groups is 1. The second kappa shape index (κ2) is 5.48. The highest BCUT2D eigenvalue weighted by atomic mass is 32.1. The number of hydrogen-bond donors (Lipinski definition) is 1. The van der Waals surface area contributed by atoms with Crippen molar-refractivity contribution in [2.24, 2.45) is 10.9 Å². The zero-order valence-electron chi connectivity index (χ0n) is 10.1. The summed E-state index contributed by atoms with van der Waals surface area (Å²) in [6.45, 7) is 5.53. The van der Waals surface area contributed by atoms with Crippen LogP contribution in [0.1, 0.15) is 44.0 Å². The summed E-state index contributed by atoms with van der Waals surface area (Å²) in [7, 11) is 0. The first kappa shape index (κ1) is 11.6. The molecule has 0 spiro atoms. The third-order valence-corrected chi connectivity index (χ3v) is 3.92. The largest absolute Gasteiger partial charge is 0.366 e. The fourth-order valence-corrected chi connectivity index (χ4v) is 2.98. The van der Waals surface area contributed by atoms with Crippen LogP contribution in [0.25, 0.3) is 0 Å². The molecule has 1 atom stereocenters. The van der Waals surface area contributed by atoms with Gasteiger partial charge in [0.25, 0.3) is 0 Å². The molecule has 0 amide bonds. The van der Waals surface area contributed by atoms with E-state index in [0.717, 1.165) is 13.0 Å². The van der Waals surface area contributed by atoms with Crippen molar-refractivity contribution in [1.82, 2.24) is 5.32 Å². The molecule has 0 saturated heterocycles. The molecule has 88 valence electrons. The Labute approximate surface area is 102 Å². The summed E-state index contributed by atoms with van der Waals surface area (Å²) in [5.74, 6) is 1.81. The van der Waals surface area contributed by atoms with Crippen molar-refractivity contribution in [2.45, 2.75) is 39.2 Å². The average Bonchev–Trinajstić information content (AvgIpc) is 2.80. The summed E-state index contributed by atoms with van der Waals surface area (Å²) in [5.41, 5.74) is 0. The molecule has 1 aliphatic heterocycles. The predicted octanol–water partition coefficient (Wildman–Crippen LogP) is 3.62. The van der Waals surface area contributed by atoms with E-state index in [4.69, 9.17) is 0 Å². The molecule has 0 saturated carbocycles. The third-order valence-electron chi connectivity index (χ3n) is 2.96. The molecule has 1 unspecified atom stereocenters. The molecule has 1 aliphatic rings. The number of hydrogen-bond acceptors (Lipinski definition) is 3. The van der Waals surface area contributed by atoms with Crippen LogP contribution in [0.4, 0.5) is 0 Å². The van der Waals surface area contributed by atoms with Gasteiger partial charge in [0.15, 0.2) is 0 Å². The fraction of sp³-hybridized carbons (Fsp3) is 0.615. The number of amidine groups is 1. The normalized spacial score (nSPS) is 18.3. The van der Waals surface area contributed by atoms with E-state index in [1.54, 1.807) is 0 Å². The van der Waals surface area contributed by atoms with Gasteiger partial charge >= 0.3 is 0 Å². The van der Waals surface area contributed by atoms with E-state index < -0.39 is 0 Å². The minimum atomic E-state index is 0.428. The molecule has 1 aromatic heterocycles. The predicted molar refractivity (Wildman–Crippen MR) is 71.2 cm³/mol. The topological polar surface area (TPSA) is 24.4 Å². The van der Waals surface area contributed by atoms with E-state index in [1.807, 2.05) is 11.3 Å². The molecule has 0 bridgehead atoms. The first-order chi connectivity index (χ1) is 7.77. The summed E-state index contributed by atoms with van der Waals surface area (Å²) >= 11 is 1.83. The Bertz CT molecular complexity index is 341. The van der Waals surface area contributed by atoms with Gasteiger partial charge in [-0.25, -0.2) is 0 Å². The molecular weight excluding hydrogens is 216 g/mol. The summed E-state index contributed by atoms with van der Waals surface area (Å²) in [4.78, 5) is 5.99. The lowest BCUT2D eigenvalue weighted by atomic mass is 10.0. The third kappa shape index (κ3) is 2.85. The summed E-state index contributed by atoms with van der Waals surface area (Å²) in [6, 6.07) is 4.77. The maximum absolute atomic E-state index is 4.57. The average molecular weight is 236 g/mol. The SMILES string of the molecule is CC(C)C(NC1=NCCCC1)c1cccs1. The molecule has 0 fully saturated rings. The van der Waals surface area contributed by atoms with E-state index in [9.17, 15) is 0 Å². The lowest BCUT2D eigenvalue weighted by Gasteiger charge is -2.25. The van der Waals surface area contributed by atoms with Crippen molar-refractivity contribution in [3.63, 3.8) is 0 Å². The maximum Gasteiger partial charge on any atom is 0.0968 e. The van der Waals surface area contributed by atoms with Crippen LogP contribution in [0.5, 0.6) is 0 Å². The Hall–Kier alpha value is -0.830. The minimum absolute atomic E-state index is 0.428. The van der Waals surface area contributed by atoms with E-state index >= 15 is 0 Å². The van der Waals surface area contributed by atoms with Gasteiger partial charge in [-0.05, 0) is 30.2 Å². The van der Waals surface area contributed by atoms with Crippen LogP contribution in [-0.4, -0.2) is 12.4 Å². The molecule has 0 radical (unpaired) electrons. The van der Waals surface area contributed by atoms with E-state index in [1.165, 1.54) is 23.6 Å². The molecule has 1 N–H and O–H groups in total. The highest BCUT2D eigenvalue weighted by molar-refractivity contribution is 7.10. The first-order valence-corrected chi connectivity index (χ1v) is 6.98. The molecule has 16 heavy (non-hydrogen) atoms. The molecule has 2 rings (SSSR count). The minimum Gasteiger partial charge on any atom is -0.366 e. The Morgan fingerprint density at radius 2 is 2.25 bits per heavy atom. The Balaban J connectivity index is 2.06. The van der Waals surface area contributed by atoms with Crippen LogP contribution < -0.4 is 5.32 Å². The van der Waals surface area contributed by atoms with Crippen molar-refractivity contribution in [1.29, 1.82) is 0 Å². The van der Waals surface area contributed by atoms with Gasteiger partial charge in [0.05, 0.1) is 11.9 Å². The van der Waals surface area contributed by atoms with Crippen molar-refractivity contribution in [3.8, 4) is 0 Å². The molecule has 2 heterocycles. The van der Waals surface area contributed by atoms with E-state index in [0.29, 0.717) is 12.0 Å². The number of nitrogens with one attached hydrogen (secondary N) is 1. The van der Waals surface area contributed by atoms with Gasteiger partial charge < -0.3 is 5.32 Å². The molecule has 0 aromatic carbocycles. The second-order valence-electron chi connectivity index (χ2n) is 4.67. The van der Waals surface area contributed by atoms with Crippen LogP contribution >= 0.6 is 11.3 Å². The first-order valence-electron chi connectivity index (χ1n) is 6.10. The van der Waals surface area contributed by atoms with E-state index in [2.05, 4.69) is 41.7 Å². The van der Waals surface area contributed by atoms with Gasteiger partial charge in [0.2, 0.25) is 0 Å². The monoisotopic (exact) mass is 236 g/mol. The van der Waals surface area contributed by atoms with Crippen molar-refractivity contribution >= 4 is 17.2 Å². The van der Waals surface area contributed by atoms with Crippen molar-refractivity contribution in [3.05, 3.63) is 22.4 Å².